The maximum Gasteiger partial charge on any atom is 0.135 e. The molecule has 1 aliphatic carbocycles. The maximum absolute atomic E-state index is 6.78. The topological polar surface area (TPSA) is 19.6 Å². The van der Waals surface area contributed by atoms with E-state index in [9.17, 15) is 0 Å². The zero-order chi connectivity index (χ0) is 50.6. The fourth-order valence-electron chi connectivity index (χ4n) is 10.9. The molecule has 0 bridgehead atoms. The van der Waals surface area contributed by atoms with Crippen LogP contribution in [0.25, 0.3) is 32.0 Å². The molecule has 0 amide bonds. The van der Waals surface area contributed by atoms with Crippen molar-refractivity contribution in [1.82, 2.24) is 0 Å². The Bertz CT molecular complexity index is 3430. The van der Waals surface area contributed by atoms with Gasteiger partial charge >= 0.3 is 0 Å². The van der Waals surface area contributed by atoms with Gasteiger partial charge in [0.1, 0.15) is 11.2 Å². The zero-order valence-electron chi connectivity index (χ0n) is 45.1. The van der Waals surface area contributed by atoms with Gasteiger partial charge in [-0.3, -0.25) is 0 Å². The first-order valence-electron chi connectivity index (χ1n) is 25.9. The first kappa shape index (κ1) is 48.5. The van der Waals surface area contributed by atoms with Crippen molar-refractivity contribution >= 4 is 77.5 Å². The molecule has 0 unspecified atom stereocenters. The summed E-state index contributed by atoms with van der Waals surface area (Å²) in [6.45, 7) is 35.1. The van der Waals surface area contributed by atoms with Crippen molar-refractivity contribution in [2.45, 2.75) is 149 Å². The van der Waals surface area contributed by atoms with E-state index in [4.69, 9.17) is 4.42 Å². The van der Waals surface area contributed by atoms with Gasteiger partial charge in [-0.1, -0.05) is 165 Å². The summed E-state index contributed by atoms with van der Waals surface area (Å²) in [6, 6.07) is 55.5. The lowest BCUT2D eigenvalue weighted by Gasteiger charge is -2.41. The number of anilines is 6. The first-order valence-corrected chi connectivity index (χ1v) is 26.7. The Morgan fingerprint density at radius 1 is 0.408 bits per heavy atom. The number of hydrogen-bond acceptors (Lipinski definition) is 4. The molecule has 0 N–H and O–H groups in total. The molecular weight excluding hydrogens is 881 g/mol. The third-order valence-corrected chi connectivity index (χ3v) is 16.9. The molecule has 9 aromatic rings. The largest absolute Gasteiger partial charge is 0.456 e. The summed E-state index contributed by atoms with van der Waals surface area (Å²) in [5.41, 5.74) is 17.8. The number of furan rings is 1. The normalized spacial score (nSPS) is 15.1. The predicted octanol–water partition coefficient (Wildman–Crippen LogP) is 20.3. The average Bonchev–Trinajstić information content (AvgIpc) is 3.90. The standard InChI is InChI=1S/C67H74N2OS/c1-62(2,3)43-21-26-48(27-22-43)68(50-30-31-59-53(39-50)54-40-56-57(41-60(54)70-59)66(12,13)34-33-65(56,10)11)51-35-47(64(7,8)9)36-52(38-51)69(49-28-23-44(24-29-49)63(4,5)6)58-42-71-61-32-25-46(37-55(58)61)67(14,15)45-19-17-16-18-20-45/h16-32,35-42H,33-34H2,1-15H3. The molecular formula is C67H74N2OS. The minimum absolute atomic E-state index is 0.0152. The molecule has 0 spiro atoms. The van der Waals surface area contributed by atoms with Crippen LogP contribution >= 0.6 is 11.3 Å². The highest BCUT2D eigenvalue weighted by atomic mass is 32.1. The Balaban J connectivity index is 1.21. The Morgan fingerprint density at radius 2 is 0.915 bits per heavy atom. The number of fused-ring (bicyclic) bond motifs is 5. The Morgan fingerprint density at radius 3 is 1.49 bits per heavy atom. The molecule has 2 aromatic heterocycles. The minimum atomic E-state index is -0.191. The van der Waals surface area contributed by atoms with Gasteiger partial charge < -0.3 is 14.2 Å². The van der Waals surface area contributed by atoms with Gasteiger partial charge in [-0.2, -0.15) is 0 Å². The van der Waals surface area contributed by atoms with Crippen molar-refractivity contribution in [3.05, 3.63) is 190 Å². The van der Waals surface area contributed by atoms with Crippen LogP contribution in [0.4, 0.5) is 34.1 Å². The molecule has 0 fully saturated rings. The third-order valence-electron chi connectivity index (χ3n) is 16.0. The fourth-order valence-corrected chi connectivity index (χ4v) is 11.9. The van der Waals surface area contributed by atoms with E-state index >= 15 is 0 Å². The molecule has 71 heavy (non-hydrogen) atoms. The Hall–Kier alpha value is -6.10. The second-order valence-electron chi connectivity index (χ2n) is 25.5. The lowest BCUT2D eigenvalue weighted by atomic mass is 9.63. The summed E-state index contributed by atoms with van der Waals surface area (Å²) in [5.74, 6) is 0. The van der Waals surface area contributed by atoms with Crippen molar-refractivity contribution in [2.75, 3.05) is 9.80 Å². The molecule has 0 atom stereocenters. The minimum Gasteiger partial charge on any atom is -0.456 e. The Labute approximate surface area is 428 Å². The van der Waals surface area contributed by atoms with E-state index in [0.29, 0.717) is 0 Å². The smallest absolute Gasteiger partial charge is 0.135 e. The molecule has 0 aliphatic heterocycles. The number of nitrogens with zero attached hydrogens (tertiary/aromatic N) is 2. The molecule has 1 aliphatic rings. The van der Waals surface area contributed by atoms with Crippen LogP contribution in [0.15, 0.2) is 155 Å². The SMILES string of the molecule is CC(C)(C)c1ccc(N(c2cc(N(c3ccc(C(C)(C)C)cc3)c3csc4ccc(C(C)(C)c5ccccc5)cc34)cc(C(C)(C)C)c2)c2ccc3oc4cc5c(cc4c3c2)C(C)(C)CCC5(C)C)cc1. The van der Waals surface area contributed by atoms with Crippen molar-refractivity contribution in [3.8, 4) is 0 Å². The van der Waals surface area contributed by atoms with E-state index in [-0.39, 0.29) is 32.5 Å². The quantitative estimate of drug-likeness (QED) is 0.151. The number of rotatable bonds is 8. The van der Waals surface area contributed by atoms with Gasteiger partial charge in [0.25, 0.3) is 0 Å². The molecule has 0 saturated carbocycles. The van der Waals surface area contributed by atoms with E-state index in [2.05, 4.69) is 265 Å². The van der Waals surface area contributed by atoms with Crippen LogP contribution in [-0.2, 0) is 32.5 Å². The van der Waals surface area contributed by atoms with E-state index < -0.39 is 0 Å². The van der Waals surface area contributed by atoms with Crippen LogP contribution in [0.3, 0.4) is 0 Å². The highest BCUT2D eigenvalue weighted by Gasteiger charge is 2.38. The molecule has 3 nitrogen and oxygen atoms in total. The van der Waals surface area contributed by atoms with Gasteiger partial charge in [0.2, 0.25) is 0 Å². The summed E-state index contributed by atoms with van der Waals surface area (Å²) in [4.78, 5) is 4.99. The molecule has 4 heteroatoms. The third kappa shape index (κ3) is 8.90. The lowest BCUT2D eigenvalue weighted by Crippen LogP contribution is -2.33. The lowest BCUT2D eigenvalue weighted by molar-refractivity contribution is 0.332. The van der Waals surface area contributed by atoms with Gasteiger partial charge in [0.15, 0.2) is 0 Å². The number of hydrogen-bond donors (Lipinski definition) is 0. The molecule has 364 valence electrons. The van der Waals surface area contributed by atoms with Crippen molar-refractivity contribution in [2.24, 2.45) is 0 Å². The highest BCUT2D eigenvalue weighted by Crippen LogP contribution is 2.51. The van der Waals surface area contributed by atoms with Crippen LogP contribution in [0.1, 0.15) is 156 Å². The number of benzene rings is 7. The Kier molecular flexibility index (Phi) is 11.6. The molecule has 0 radical (unpaired) electrons. The summed E-state index contributed by atoms with van der Waals surface area (Å²) >= 11 is 1.82. The molecule has 2 heterocycles. The van der Waals surface area contributed by atoms with Crippen molar-refractivity contribution < 1.29 is 4.42 Å². The van der Waals surface area contributed by atoms with Crippen LogP contribution < -0.4 is 9.80 Å². The fraction of sp³-hybridized carbons (Fsp3) is 0.343. The summed E-state index contributed by atoms with van der Waals surface area (Å²) < 4.78 is 8.05. The van der Waals surface area contributed by atoms with E-state index in [1.54, 1.807) is 0 Å². The molecule has 0 saturated heterocycles. The van der Waals surface area contributed by atoms with Gasteiger partial charge in [0.05, 0.1) is 5.69 Å². The summed E-state index contributed by atoms with van der Waals surface area (Å²) in [5, 5.41) is 5.94. The molecule has 10 rings (SSSR count). The second-order valence-corrected chi connectivity index (χ2v) is 26.4. The van der Waals surface area contributed by atoms with Gasteiger partial charge in [-0.25, -0.2) is 0 Å². The van der Waals surface area contributed by atoms with E-state index in [0.717, 1.165) is 57.8 Å². The van der Waals surface area contributed by atoms with Crippen LogP contribution in [0.5, 0.6) is 0 Å². The summed E-state index contributed by atoms with van der Waals surface area (Å²) in [6.07, 6.45) is 2.33. The van der Waals surface area contributed by atoms with Crippen molar-refractivity contribution in [1.29, 1.82) is 0 Å². The predicted molar refractivity (Wildman–Crippen MR) is 308 cm³/mol. The van der Waals surface area contributed by atoms with Crippen LogP contribution in [0, 0.1) is 0 Å². The first-order chi connectivity index (χ1) is 33.3. The van der Waals surface area contributed by atoms with E-state index in [1.165, 1.54) is 60.1 Å². The average molecular weight is 955 g/mol. The van der Waals surface area contributed by atoms with Crippen LogP contribution in [-0.4, -0.2) is 0 Å². The monoisotopic (exact) mass is 955 g/mol. The van der Waals surface area contributed by atoms with Crippen molar-refractivity contribution in [3.63, 3.8) is 0 Å². The highest BCUT2D eigenvalue weighted by molar-refractivity contribution is 7.17. The zero-order valence-corrected chi connectivity index (χ0v) is 45.9. The van der Waals surface area contributed by atoms with Gasteiger partial charge in [0, 0.05) is 60.1 Å². The number of thiophene rings is 1. The molecule has 7 aromatic carbocycles. The second kappa shape index (κ2) is 17.0. The summed E-state index contributed by atoms with van der Waals surface area (Å²) in [7, 11) is 0. The van der Waals surface area contributed by atoms with E-state index in [1.807, 2.05) is 11.3 Å². The maximum atomic E-state index is 6.78. The van der Waals surface area contributed by atoms with Crippen LogP contribution in [0.2, 0.25) is 0 Å². The van der Waals surface area contributed by atoms with Gasteiger partial charge in [-0.05, 0) is 164 Å². The van der Waals surface area contributed by atoms with Gasteiger partial charge in [-0.15, -0.1) is 11.3 Å².